The molecule has 2 heterocycles. The van der Waals surface area contributed by atoms with Crippen molar-refractivity contribution in [1.29, 1.82) is 0 Å². The Kier molecular flexibility index (Phi) is 6.51. The van der Waals surface area contributed by atoms with Crippen molar-refractivity contribution in [1.82, 2.24) is 14.7 Å². The maximum atomic E-state index is 12.4. The highest BCUT2D eigenvalue weighted by atomic mass is 35.5. The van der Waals surface area contributed by atoms with Crippen LogP contribution in [0.15, 0.2) is 48.5 Å². The van der Waals surface area contributed by atoms with Gasteiger partial charge in [0.2, 0.25) is 5.91 Å². The minimum absolute atomic E-state index is 0.0592. The molecule has 1 N–H and O–H groups in total. The van der Waals surface area contributed by atoms with Gasteiger partial charge in [-0.2, -0.15) is 5.10 Å². The Labute approximate surface area is 192 Å². The minimum atomic E-state index is -0.0592. The Morgan fingerprint density at radius 1 is 1.00 bits per heavy atom. The van der Waals surface area contributed by atoms with Crippen molar-refractivity contribution < 1.29 is 4.79 Å². The molecule has 0 atom stereocenters. The van der Waals surface area contributed by atoms with Crippen LogP contribution in [0.1, 0.15) is 11.4 Å². The van der Waals surface area contributed by atoms with Gasteiger partial charge in [0.1, 0.15) is 0 Å². The third kappa shape index (κ3) is 4.87. The van der Waals surface area contributed by atoms with E-state index in [2.05, 4.69) is 41.1 Å². The van der Waals surface area contributed by atoms with Crippen LogP contribution < -0.4 is 10.2 Å². The van der Waals surface area contributed by atoms with Crippen LogP contribution in [-0.4, -0.2) is 53.3 Å². The highest BCUT2D eigenvalue weighted by molar-refractivity contribution is 6.42. The lowest BCUT2D eigenvalue weighted by molar-refractivity contribution is -0.117. The number of piperazine rings is 1. The molecule has 0 spiro atoms. The lowest BCUT2D eigenvalue weighted by atomic mass is 10.2. The van der Waals surface area contributed by atoms with Gasteiger partial charge in [-0.25, -0.2) is 4.68 Å². The van der Waals surface area contributed by atoms with E-state index in [-0.39, 0.29) is 5.91 Å². The molecule has 0 saturated carbocycles. The molecule has 1 amide bonds. The highest BCUT2D eigenvalue weighted by Gasteiger charge is 2.24. The molecule has 0 radical (unpaired) electrons. The number of rotatable bonds is 5. The third-order valence-electron chi connectivity index (χ3n) is 5.51. The van der Waals surface area contributed by atoms with Crippen molar-refractivity contribution in [3.05, 3.63) is 70.0 Å². The normalized spacial score (nSPS) is 14.6. The Bertz CT molecular complexity index is 1080. The zero-order valence-electron chi connectivity index (χ0n) is 17.6. The topological polar surface area (TPSA) is 53.4 Å². The smallest absolute Gasteiger partial charge is 0.238 e. The largest absolute Gasteiger partial charge is 0.366 e. The van der Waals surface area contributed by atoms with E-state index in [1.165, 1.54) is 5.69 Å². The van der Waals surface area contributed by atoms with Gasteiger partial charge >= 0.3 is 0 Å². The summed E-state index contributed by atoms with van der Waals surface area (Å²) >= 11 is 12.0. The first-order chi connectivity index (χ1) is 14.9. The molecule has 2 aromatic carbocycles. The molecular weight excluding hydrogens is 433 g/mol. The van der Waals surface area contributed by atoms with Crippen LogP contribution in [-0.2, 0) is 4.79 Å². The maximum absolute atomic E-state index is 12.4. The first-order valence-electron chi connectivity index (χ1n) is 10.3. The number of anilines is 2. The van der Waals surface area contributed by atoms with Gasteiger partial charge in [-0.15, -0.1) is 0 Å². The zero-order chi connectivity index (χ0) is 22.0. The van der Waals surface area contributed by atoms with Gasteiger partial charge < -0.3 is 10.2 Å². The first-order valence-corrected chi connectivity index (χ1v) is 11.0. The SMILES string of the molecule is Cc1nn(-c2ccccc2)c(C)c1N1CCN(CC(=O)Nc2ccc(Cl)c(Cl)c2)CC1. The number of amides is 1. The van der Waals surface area contributed by atoms with Crippen LogP contribution in [0.3, 0.4) is 0 Å². The van der Waals surface area contributed by atoms with E-state index < -0.39 is 0 Å². The van der Waals surface area contributed by atoms with Gasteiger partial charge in [0.05, 0.1) is 39.4 Å². The number of carbonyl (C=O) groups excluding carboxylic acids is 1. The van der Waals surface area contributed by atoms with Crippen molar-refractivity contribution >= 4 is 40.5 Å². The Hall–Kier alpha value is -2.54. The summed E-state index contributed by atoms with van der Waals surface area (Å²) in [7, 11) is 0. The second kappa shape index (κ2) is 9.30. The van der Waals surface area contributed by atoms with Gasteiger partial charge in [-0.3, -0.25) is 9.69 Å². The fraction of sp³-hybridized carbons (Fsp3) is 0.304. The van der Waals surface area contributed by atoms with Crippen molar-refractivity contribution in [2.45, 2.75) is 13.8 Å². The molecule has 31 heavy (non-hydrogen) atoms. The molecule has 162 valence electrons. The molecular formula is C23H25Cl2N5O. The first kappa shape index (κ1) is 21.7. The molecule has 1 aliphatic rings. The van der Waals surface area contributed by atoms with E-state index in [1.807, 2.05) is 22.9 Å². The van der Waals surface area contributed by atoms with E-state index in [4.69, 9.17) is 28.3 Å². The molecule has 4 rings (SSSR count). The van der Waals surface area contributed by atoms with Crippen LogP contribution in [0.4, 0.5) is 11.4 Å². The van der Waals surface area contributed by atoms with Crippen molar-refractivity contribution in [3.8, 4) is 5.69 Å². The van der Waals surface area contributed by atoms with Crippen LogP contribution in [0, 0.1) is 13.8 Å². The van der Waals surface area contributed by atoms with Crippen LogP contribution >= 0.6 is 23.2 Å². The lowest BCUT2D eigenvalue weighted by Crippen LogP contribution is -2.49. The molecule has 0 bridgehead atoms. The summed E-state index contributed by atoms with van der Waals surface area (Å²) in [6.07, 6.45) is 0. The van der Waals surface area contributed by atoms with E-state index >= 15 is 0 Å². The van der Waals surface area contributed by atoms with E-state index in [0.29, 0.717) is 22.3 Å². The molecule has 8 heteroatoms. The van der Waals surface area contributed by atoms with E-state index in [1.54, 1.807) is 18.2 Å². The van der Waals surface area contributed by atoms with Crippen molar-refractivity contribution in [3.63, 3.8) is 0 Å². The van der Waals surface area contributed by atoms with E-state index in [9.17, 15) is 4.79 Å². The van der Waals surface area contributed by atoms with Crippen LogP contribution in [0.5, 0.6) is 0 Å². The number of halogens is 2. The number of nitrogens with one attached hydrogen (secondary N) is 1. The van der Waals surface area contributed by atoms with E-state index in [0.717, 1.165) is 43.3 Å². The summed E-state index contributed by atoms with van der Waals surface area (Å²) in [4.78, 5) is 17.0. The molecule has 3 aromatic rings. The second-order valence-corrected chi connectivity index (χ2v) is 8.52. The number of aryl methyl sites for hydroxylation is 1. The monoisotopic (exact) mass is 457 g/mol. The number of aromatic nitrogens is 2. The second-order valence-electron chi connectivity index (χ2n) is 7.71. The molecule has 0 unspecified atom stereocenters. The lowest BCUT2D eigenvalue weighted by Gasteiger charge is -2.35. The van der Waals surface area contributed by atoms with Gasteiger partial charge in [0.25, 0.3) is 0 Å². The molecule has 0 aliphatic carbocycles. The predicted octanol–water partition coefficient (Wildman–Crippen LogP) is 4.56. The average Bonchev–Trinajstić information content (AvgIpc) is 3.06. The quantitative estimate of drug-likeness (QED) is 0.609. The van der Waals surface area contributed by atoms with Crippen molar-refractivity contribution in [2.24, 2.45) is 0 Å². The number of hydrogen-bond donors (Lipinski definition) is 1. The molecule has 6 nitrogen and oxygen atoms in total. The fourth-order valence-corrected chi connectivity index (χ4v) is 4.32. The zero-order valence-corrected chi connectivity index (χ0v) is 19.1. The minimum Gasteiger partial charge on any atom is -0.366 e. The Balaban J connectivity index is 1.36. The van der Waals surface area contributed by atoms with Crippen LogP contribution in [0.2, 0.25) is 10.0 Å². The standard InChI is InChI=1S/C23H25Cl2N5O/c1-16-23(17(2)30(27-16)19-6-4-3-5-7-19)29-12-10-28(11-13-29)15-22(31)26-18-8-9-20(24)21(25)14-18/h3-9,14H,10-13,15H2,1-2H3,(H,26,31). The maximum Gasteiger partial charge on any atom is 0.238 e. The molecule has 1 aliphatic heterocycles. The summed E-state index contributed by atoms with van der Waals surface area (Å²) in [5, 5.41) is 8.54. The van der Waals surface area contributed by atoms with Crippen LogP contribution in [0.25, 0.3) is 5.69 Å². The number of carbonyl (C=O) groups is 1. The van der Waals surface area contributed by atoms with Gasteiger partial charge in [-0.05, 0) is 44.2 Å². The van der Waals surface area contributed by atoms with Gasteiger partial charge in [0.15, 0.2) is 0 Å². The number of nitrogens with zero attached hydrogens (tertiary/aromatic N) is 4. The molecule has 1 fully saturated rings. The van der Waals surface area contributed by atoms with Gasteiger partial charge in [0, 0.05) is 31.9 Å². The fourth-order valence-electron chi connectivity index (χ4n) is 4.02. The summed E-state index contributed by atoms with van der Waals surface area (Å²) in [5.74, 6) is -0.0592. The summed E-state index contributed by atoms with van der Waals surface area (Å²) < 4.78 is 2.00. The summed E-state index contributed by atoms with van der Waals surface area (Å²) in [5.41, 5.74) is 5.05. The number of para-hydroxylation sites is 1. The number of hydrogen-bond acceptors (Lipinski definition) is 4. The number of benzene rings is 2. The highest BCUT2D eigenvalue weighted by Crippen LogP contribution is 2.28. The predicted molar refractivity (Wildman–Crippen MR) is 127 cm³/mol. The molecule has 1 saturated heterocycles. The average molecular weight is 458 g/mol. The van der Waals surface area contributed by atoms with Crippen molar-refractivity contribution in [2.75, 3.05) is 42.9 Å². The summed E-state index contributed by atoms with van der Waals surface area (Å²) in [6.45, 7) is 7.83. The Morgan fingerprint density at radius 3 is 2.39 bits per heavy atom. The third-order valence-corrected chi connectivity index (χ3v) is 6.25. The Morgan fingerprint density at radius 2 is 1.71 bits per heavy atom. The molecule has 1 aromatic heterocycles. The van der Waals surface area contributed by atoms with Gasteiger partial charge in [-0.1, -0.05) is 41.4 Å². The summed E-state index contributed by atoms with van der Waals surface area (Å²) in [6, 6.07) is 15.3.